The van der Waals surface area contributed by atoms with Gasteiger partial charge in [0, 0.05) is 16.1 Å². The second kappa shape index (κ2) is 8.89. The Hall–Kier alpha value is -3.16. The van der Waals surface area contributed by atoms with Crippen LogP contribution in [-0.4, -0.2) is 27.6 Å². The van der Waals surface area contributed by atoms with E-state index in [9.17, 15) is 14.9 Å². The van der Waals surface area contributed by atoms with Crippen LogP contribution in [0.15, 0.2) is 54.9 Å². The molecule has 7 nitrogen and oxygen atoms in total. The first kappa shape index (κ1) is 20.6. The van der Waals surface area contributed by atoms with Crippen LogP contribution in [0.3, 0.4) is 0 Å². The number of aromatic nitrogens is 2. The first-order valence-corrected chi connectivity index (χ1v) is 9.14. The minimum absolute atomic E-state index is 0.0922. The lowest BCUT2D eigenvalue weighted by Crippen LogP contribution is -2.02. The fourth-order valence-electron chi connectivity index (χ4n) is 2.68. The number of nitrogens with zero attached hydrogens (tertiary/aromatic N) is 3. The normalized spacial score (nSPS) is 11.0. The summed E-state index contributed by atoms with van der Waals surface area (Å²) >= 11 is 11.9. The first-order valence-electron chi connectivity index (χ1n) is 8.38. The number of hydrogen-bond donors (Lipinski definition) is 0. The van der Waals surface area contributed by atoms with E-state index < -0.39 is 4.92 Å². The first-order chi connectivity index (χ1) is 13.9. The summed E-state index contributed by atoms with van der Waals surface area (Å²) in [6.45, 7) is 0.273. The number of methoxy groups -OCH3 is 1. The van der Waals surface area contributed by atoms with E-state index in [0.717, 1.165) is 11.1 Å². The van der Waals surface area contributed by atoms with Gasteiger partial charge in [0.25, 0.3) is 0 Å². The lowest BCUT2D eigenvalue weighted by atomic mass is 10.1. The van der Waals surface area contributed by atoms with E-state index in [-0.39, 0.29) is 23.0 Å². The van der Waals surface area contributed by atoms with Crippen molar-refractivity contribution >= 4 is 40.7 Å². The molecular formula is C20H15Cl2N3O4. The highest BCUT2D eigenvalue weighted by Crippen LogP contribution is 2.24. The quantitative estimate of drug-likeness (QED) is 0.226. The Morgan fingerprint density at radius 1 is 1.28 bits per heavy atom. The van der Waals surface area contributed by atoms with Gasteiger partial charge in [0.1, 0.15) is 18.1 Å². The predicted octanol–water partition coefficient (Wildman–Crippen LogP) is 5.05. The molecule has 29 heavy (non-hydrogen) atoms. The molecule has 0 bridgehead atoms. The number of halogens is 2. The van der Waals surface area contributed by atoms with Crippen molar-refractivity contribution in [2.75, 3.05) is 7.11 Å². The molecule has 0 radical (unpaired) electrons. The third-order valence-electron chi connectivity index (χ3n) is 4.09. The third-order valence-corrected chi connectivity index (χ3v) is 4.64. The van der Waals surface area contributed by atoms with Crippen LogP contribution in [0.25, 0.3) is 6.08 Å². The molecule has 0 amide bonds. The fraction of sp³-hybridized carbons (Fsp3) is 0.100. The summed E-state index contributed by atoms with van der Waals surface area (Å²) in [5, 5.41) is 15.5. The Balaban J connectivity index is 1.82. The SMILES string of the molecule is COc1ccc(/C=C/C(=O)c2ccc(Cl)cc2Cl)cc1Cn1cc([N+](=O)[O-])cn1. The number of ketones is 1. The maximum atomic E-state index is 12.4. The second-order valence-corrected chi connectivity index (χ2v) is 6.89. The number of ether oxygens (including phenoxy) is 1. The summed E-state index contributed by atoms with van der Waals surface area (Å²) < 4.78 is 6.80. The van der Waals surface area contributed by atoms with Gasteiger partial charge in [-0.25, -0.2) is 0 Å². The zero-order valence-electron chi connectivity index (χ0n) is 15.2. The number of nitro groups is 1. The minimum Gasteiger partial charge on any atom is -0.496 e. The Bertz CT molecular complexity index is 1110. The highest BCUT2D eigenvalue weighted by molar-refractivity contribution is 6.37. The molecule has 3 aromatic rings. The van der Waals surface area contributed by atoms with Gasteiger partial charge < -0.3 is 4.74 Å². The number of benzene rings is 2. The monoisotopic (exact) mass is 431 g/mol. The molecule has 9 heteroatoms. The lowest BCUT2D eigenvalue weighted by molar-refractivity contribution is -0.385. The van der Waals surface area contributed by atoms with Crippen molar-refractivity contribution in [3.8, 4) is 5.75 Å². The van der Waals surface area contributed by atoms with Gasteiger partial charge >= 0.3 is 5.69 Å². The molecule has 1 heterocycles. The zero-order valence-corrected chi connectivity index (χ0v) is 16.7. The summed E-state index contributed by atoms with van der Waals surface area (Å²) in [4.78, 5) is 22.7. The van der Waals surface area contributed by atoms with Crippen molar-refractivity contribution in [1.29, 1.82) is 0 Å². The van der Waals surface area contributed by atoms with Gasteiger partial charge in [-0.2, -0.15) is 5.10 Å². The lowest BCUT2D eigenvalue weighted by Gasteiger charge is -2.09. The van der Waals surface area contributed by atoms with E-state index in [1.54, 1.807) is 30.3 Å². The van der Waals surface area contributed by atoms with E-state index in [1.165, 1.54) is 36.3 Å². The van der Waals surface area contributed by atoms with Crippen LogP contribution >= 0.6 is 23.2 Å². The molecule has 3 rings (SSSR count). The van der Waals surface area contributed by atoms with Crippen LogP contribution in [-0.2, 0) is 6.54 Å². The average molecular weight is 432 g/mol. The van der Waals surface area contributed by atoms with Gasteiger partial charge in [0.05, 0.1) is 23.6 Å². The van der Waals surface area contributed by atoms with Crippen molar-refractivity contribution in [3.63, 3.8) is 0 Å². The zero-order chi connectivity index (χ0) is 21.0. The van der Waals surface area contributed by atoms with Crippen LogP contribution in [0.4, 0.5) is 5.69 Å². The smallest absolute Gasteiger partial charge is 0.307 e. The van der Waals surface area contributed by atoms with Crippen LogP contribution in [0, 0.1) is 10.1 Å². The minimum atomic E-state index is -0.507. The molecule has 0 fully saturated rings. The number of carbonyl (C=O) groups is 1. The number of allylic oxidation sites excluding steroid dienone is 1. The molecule has 0 aliphatic rings. The summed E-state index contributed by atoms with van der Waals surface area (Å²) in [6.07, 6.45) is 5.60. The Kier molecular flexibility index (Phi) is 6.31. The molecule has 1 aromatic heterocycles. The molecule has 0 aliphatic heterocycles. The molecule has 2 aromatic carbocycles. The van der Waals surface area contributed by atoms with E-state index in [4.69, 9.17) is 27.9 Å². The highest BCUT2D eigenvalue weighted by Gasteiger charge is 2.12. The standard InChI is InChI=1S/C20H15Cl2N3O4/c1-29-20-7-3-13(2-6-19(26)17-5-4-15(21)9-18(17)22)8-14(20)11-24-12-16(10-23-24)25(27)28/h2-10,12H,11H2,1H3/b6-2+. The topological polar surface area (TPSA) is 87.3 Å². The summed E-state index contributed by atoms with van der Waals surface area (Å²) in [5.74, 6) is 0.346. The van der Waals surface area contributed by atoms with Crippen LogP contribution < -0.4 is 4.74 Å². The molecule has 0 aliphatic carbocycles. The molecule has 0 saturated carbocycles. The van der Waals surface area contributed by atoms with Gasteiger partial charge in [-0.05, 0) is 42.0 Å². The molecule has 148 valence electrons. The maximum Gasteiger partial charge on any atom is 0.307 e. The molecular weight excluding hydrogens is 417 g/mol. The average Bonchev–Trinajstić information content (AvgIpc) is 3.15. The van der Waals surface area contributed by atoms with Gasteiger partial charge in [0.2, 0.25) is 0 Å². The maximum absolute atomic E-state index is 12.4. The van der Waals surface area contributed by atoms with Crippen LogP contribution in [0.5, 0.6) is 5.75 Å². The predicted molar refractivity (Wildman–Crippen MR) is 111 cm³/mol. The van der Waals surface area contributed by atoms with E-state index in [2.05, 4.69) is 5.10 Å². The van der Waals surface area contributed by atoms with Gasteiger partial charge in [0.15, 0.2) is 5.78 Å². The molecule has 0 unspecified atom stereocenters. The molecule has 0 saturated heterocycles. The van der Waals surface area contributed by atoms with E-state index in [1.807, 2.05) is 6.07 Å². The summed E-state index contributed by atoms with van der Waals surface area (Å²) in [5.41, 5.74) is 1.76. The highest BCUT2D eigenvalue weighted by atomic mass is 35.5. The molecule has 0 atom stereocenters. The Morgan fingerprint density at radius 3 is 2.72 bits per heavy atom. The molecule has 0 N–H and O–H groups in total. The Labute approximate surface area is 176 Å². The number of carbonyl (C=O) groups excluding carboxylic acids is 1. The second-order valence-electron chi connectivity index (χ2n) is 6.05. The van der Waals surface area contributed by atoms with E-state index >= 15 is 0 Å². The van der Waals surface area contributed by atoms with Gasteiger partial charge in [-0.15, -0.1) is 0 Å². The van der Waals surface area contributed by atoms with Crippen molar-refractivity contribution in [1.82, 2.24) is 9.78 Å². The van der Waals surface area contributed by atoms with Gasteiger partial charge in [-0.1, -0.05) is 35.3 Å². The number of rotatable bonds is 7. The largest absolute Gasteiger partial charge is 0.496 e. The summed E-state index contributed by atoms with van der Waals surface area (Å²) in [7, 11) is 1.53. The van der Waals surface area contributed by atoms with E-state index in [0.29, 0.717) is 16.3 Å². The van der Waals surface area contributed by atoms with Crippen LogP contribution in [0.2, 0.25) is 10.0 Å². The summed E-state index contributed by atoms with van der Waals surface area (Å²) in [6, 6.07) is 10.1. The van der Waals surface area contributed by atoms with Crippen LogP contribution in [0.1, 0.15) is 21.5 Å². The molecule has 0 spiro atoms. The van der Waals surface area contributed by atoms with Crippen molar-refractivity contribution in [2.45, 2.75) is 6.54 Å². The van der Waals surface area contributed by atoms with Gasteiger partial charge in [-0.3, -0.25) is 19.6 Å². The van der Waals surface area contributed by atoms with Crippen molar-refractivity contribution in [3.05, 3.63) is 91.7 Å². The number of hydrogen-bond acceptors (Lipinski definition) is 5. The van der Waals surface area contributed by atoms with Crippen molar-refractivity contribution < 1.29 is 14.5 Å². The fourth-order valence-corrected chi connectivity index (χ4v) is 3.19. The Morgan fingerprint density at radius 2 is 2.07 bits per heavy atom. The third kappa shape index (κ3) is 5.01. The van der Waals surface area contributed by atoms with Crippen molar-refractivity contribution in [2.24, 2.45) is 0 Å².